The van der Waals surface area contributed by atoms with Crippen molar-refractivity contribution in [2.75, 3.05) is 47.4 Å². The van der Waals surface area contributed by atoms with Gasteiger partial charge in [-0.05, 0) is 95.2 Å². The van der Waals surface area contributed by atoms with Crippen molar-refractivity contribution in [2.45, 2.75) is 49.7 Å². The van der Waals surface area contributed by atoms with Crippen molar-refractivity contribution in [1.82, 2.24) is 0 Å². The van der Waals surface area contributed by atoms with E-state index in [0.29, 0.717) is 33.3 Å². The molecule has 6 N–H and O–H groups in total. The van der Waals surface area contributed by atoms with Crippen LogP contribution >= 0.6 is 0 Å². The van der Waals surface area contributed by atoms with Gasteiger partial charge in [0.25, 0.3) is 0 Å². The van der Waals surface area contributed by atoms with Crippen molar-refractivity contribution in [2.24, 2.45) is 0 Å². The highest BCUT2D eigenvalue weighted by Crippen LogP contribution is 2.60. The zero-order chi connectivity index (χ0) is 32.3. The van der Waals surface area contributed by atoms with E-state index in [0.717, 1.165) is 107 Å². The Hall–Kier alpha value is -4.92. The van der Waals surface area contributed by atoms with Crippen LogP contribution in [0.4, 0.5) is 22.7 Å². The fraction of sp³-hybridized carbons (Fsp3) is 0.300. The van der Waals surface area contributed by atoms with Gasteiger partial charge in [0.2, 0.25) is 0 Å². The minimum atomic E-state index is -1.34. The molecular formula is C40H34N4O4-2. The maximum atomic E-state index is 15.0. The Balaban J connectivity index is 1.21. The molecule has 0 saturated heterocycles. The third-order valence-corrected chi connectivity index (χ3v) is 12.5. The SMILES string of the molecule is Nc1ccc2c3c4c5c(ccc(N)c5c(C5C([O-])C(c6c7c(O)ccc8c7c7c9c(ccc(O)c69)CCN7CC8)C5[O-])c13)CCN4CC2. The van der Waals surface area contributed by atoms with Crippen molar-refractivity contribution in [3.8, 4) is 11.5 Å². The molecule has 0 radical (unpaired) electrons. The minimum Gasteiger partial charge on any atom is -0.851 e. The van der Waals surface area contributed by atoms with Crippen LogP contribution in [0.2, 0.25) is 0 Å². The van der Waals surface area contributed by atoms with Gasteiger partial charge in [0.05, 0.1) is 11.4 Å². The fourth-order valence-electron chi connectivity index (χ4n) is 10.5. The van der Waals surface area contributed by atoms with Gasteiger partial charge in [-0.25, -0.2) is 0 Å². The summed E-state index contributed by atoms with van der Waals surface area (Å²) in [5.41, 5.74) is 22.6. The number of nitrogens with zero attached hydrogens (tertiary/aromatic N) is 2. The van der Waals surface area contributed by atoms with Crippen LogP contribution in [-0.2, 0) is 25.7 Å². The summed E-state index contributed by atoms with van der Waals surface area (Å²) in [6.07, 6.45) is 0.661. The molecule has 8 heteroatoms. The highest BCUT2D eigenvalue weighted by atomic mass is 16.3. The molecule has 4 heterocycles. The zero-order valence-electron chi connectivity index (χ0n) is 26.3. The van der Waals surface area contributed by atoms with E-state index >= 15 is 10.2 Å². The first kappa shape index (κ1) is 27.1. The molecule has 0 spiro atoms. The Morgan fingerprint density at radius 1 is 0.479 bits per heavy atom. The van der Waals surface area contributed by atoms with E-state index in [2.05, 4.69) is 21.9 Å². The van der Waals surface area contributed by atoms with E-state index in [9.17, 15) is 10.2 Å². The van der Waals surface area contributed by atoms with Crippen molar-refractivity contribution < 1.29 is 20.4 Å². The lowest BCUT2D eigenvalue weighted by Crippen LogP contribution is -2.63. The number of nitrogen functional groups attached to an aromatic ring is 2. The average Bonchev–Trinajstić information content (AvgIpc) is 3.09. The summed E-state index contributed by atoms with van der Waals surface area (Å²) in [7, 11) is 0. The molecule has 5 aliphatic rings. The minimum absolute atomic E-state index is 0.0365. The summed E-state index contributed by atoms with van der Waals surface area (Å²) in [6.45, 7) is 3.49. The summed E-state index contributed by atoms with van der Waals surface area (Å²) < 4.78 is 0. The fourth-order valence-corrected chi connectivity index (χ4v) is 10.5. The van der Waals surface area contributed by atoms with Gasteiger partial charge in [0.1, 0.15) is 11.5 Å². The second kappa shape index (κ2) is 8.95. The summed E-state index contributed by atoms with van der Waals surface area (Å²) >= 11 is 0. The first-order chi connectivity index (χ1) is 23.3. The molecule has 1 aliphatic carbocycles. The summed E-state index contributed by atoms with van der Waals surface area (Å²) in [6, 6.07) is 15.3. The van der Waals surface area contributed by atoms with E-state index in [4.69, 9.17) is 11.5 Å². The summed E-state index contributed by atoms with van der Waals surface area (Å²) in [4.78, 5) is 4.75. The van der Waals surface area contributed by atoms with Crippen molar-refractivity contribution in [3.05, 3.63) is 81.9 Å². The summed E-state index contributed by atoms with van der Waals surface area (Å²) in [5, 5.41) is 59.7. The molecule has 1 saturated carbocycles. The van der Waals surface area contributed by atoms with E-state index in [1.54, 1.807) is 12.1 Å². The zero-order valence-corrected chi connectivity index (χ0v) is 26.3. The Kier molecular flexibility index (Phi) is 5.05. The van der Waals surface area contributed by atoms with Crippen LogP contribution in [0.25, 0.3) is 43.1 Å². The molecular weight excluding hydrogens is 600 g/mol. The second-order valence-corrected chi connectivity index (χ2v) is 14.6. The quantitative estimate of drug-likeness (QED) is 0.165. The van der Waals surface area contributed by atoms with Gasteiger partial charge in [0, 0.05) is 80.6 Å². The topological polar surface area (TPSA) is 145 Å². The molecule has 2 atom stereocenters. The number of nitrogens with two attached hydrogens (primary N) is 2. The van der Waals surface area contributed by atoms with E-state index in [-0.39, 0.29) is 11.5 Å². The number of phenols is 2. The van der Waals surface area contributed by atoms with Crippen molar-refractivity contribution in [1.29, 1.82) is 0 Å². The first-order valence-electron chi connectivity index (χ1n) is 17.2. The molecule has 48 heavy (non-hydrogen) atoms. The third-order valence-electron chi connectivity index (χ3n) is 12.5. The van der Waals surface area contributed by atoms with Crippen molar-refractivity contribution >= 4 is 65.8 Å². The molecule has 6 aromatic carbocycles. The predicted octanol–water partition coefficient (Wildman–Crippen LogP) is 4.05. The Bertz CT molecular complexity index is 2160. The molecule has 0 aromatic heterocycles. The van der Waals surface area contributed by atoms with E-state index < -0.39 is 24.0 Å². The van der Waals surface area contributed by atoms with Crippen LogP contribution in [0.5, 0.6) is 11.5 Å². The lowest BCUT2D eigenvalue weighted by Gasteiger charge is -2.62. The normalized spacial score (nSPS) is 23.6. The van der Waals surface area contributed by atoms with Gasteiger partial charge >= 0.3 is 0 Å². The number of benzene rings is 6. The molecule has 0 bridgehead atoms. The van der Waals surface area contributed by atoms with Gasteiger partial charge in [-0.15, -0.1) is 12.2 Å². The standard InChI is InChI=1S/C40H34N4O4/c41-21-5-1-17-9-13-43-14-10-18-2-6-22(42)30-26(18)37(43)25(17)29(21)33(30)35-39(47)36(40(35)48)34-31-23(45)7-3-19-11-15-44-16-12-20-4-8-24(46)32(34)28(20)38(44)27(19)31/h1-8,35-36,39-40,45-46H,9-16,41-42H2/q-2. The van der Waals surface area contributed by atoms with Crippen LogP contribution in [-0.4, -0.2) is 48.6 Å². The van der Waals surface area contributed by atoms with E-state index in [1.165, 1.54) is 11.1 Å². The summed E-state index contributed by atoms with van der Waals surface area (Å²) in [5.74, 6) is -1.82. The molecule has 0 amide bonds. The Morgan fingerprint density at radius 2 is 0.812 bits per heavy atom. The monoisotopic (exact) mass is 634 g/mol. The number of aromatic hydroxyl groups is 2. The first-order valence-corrected chi connectivity index (χ1v) is 17.2. The van der Waals surface area contributed by atoms with Gasteiger partial charge in [-0.2, -0.15) is 0 Å². The largest absolute Gasteiger partial charge is 0.851 e. The highest BCUT2D eigenvalue weighted by Gasteiger charge is 2.45. The van der Waals surface area contributed by atoms with Crippen LogP contribution < -0.4 is 31.5 Å². The molecule has 4 aliphatic heterocycles. The van der Waals surface area contributed by atoms with Crippen molar-refractivity contribution in [3.63, 3.8) is 0 Å². The second-order valence-electron chi connectivity index (χ2n) is 14.6. The van der Waals surface area contributed by atoms with Gasteiger partial charge < -0.3 is 41.7 Å². The van der Waals surface area contributed by atoms with Crippen LogP contribution in [0, 0.1) is 0 Å². The number of anilines is 4. The Labute approximate surface area is 276 Å². The third kappa shape index (κ3) is 3.05. The average molecular weight is 635 g/mol. The lowest BCUT2D eigenvalue weighted by molar-refractivity contribution is -0.535. The molecule has 11 rings (SSSR count). The highest BCUT2D eigenvalue weighted by molar-refractivity contribution is 6.23. The molecule has 6 aromatic rings. The maximum Gasteiger partial charge on any atom is 0.123 e. The lowest BCUT2D eigenvalue weighted by atomic mass is 9.60. The van der Waals surface area contributed by atoms with Crippen LogP contribution in [0.1, 0.15) is 45.2 Å². The Morgan fingerprint density at radius 3 is 1.21 bits per heavy atom. The van der Waals surface area contributed by atoms with Gasteiger partial charge in [0.15, 0.2) is 0 Å². The number of phenolic OH excluding ortho intramolecular Hbond substituents is 2. The number of hydrogen-bond donors (Lipinski definition) is 4. The number of hydrogen-bond acceptors (Lipinski definition) is 8. The molecule has 2 unspecified atom stereocenters. The maximum absolute atomic E-state index is 15.0. The van der Waals surface area contributed by atoms with Crippen LogP contribution in [0.15, 0.2) is 48.5 Å². The van der Waals surface area contributed by atoms with Gasteiger partial charge in [-0.1, -0.05) is 24.3 Å². The molecule has 240 valence electrons. The number of rotatable bonds is 2. The van der Waals surface area contributed by atoms with E-state index in [1.807, 2.05) is 24.3 Å². The molecule has 1 fully saturated rings. The smallest absolute Gasteiger partial charge is 0.123 e. The van der Waals surface area contributed by atoms with Crippen LogP contribution in [0.3, 0.4) is 0 Å². The predicted molar refractivity (Wildman–Crippen MR) is 187 cm³/mol. The van der Waals surface area contributed by atoms with Gasteiger partial charge in [-0.3, -0.25) is 0 Å². The molecule has 8 nitrogen and oxygen atoms in total.